The number of benzene rings is 1. The number of carbonyl (C=O) groups excluding carboxylic acids is 2. The molecule has 22 heavy (non-hydrogen) atoms. The molecule has 1 atom stereocenters. The Morgan fingerprint density at radius 1 is 1.32 bits per heavy atom. The number of hydrogen-bond donors (Lipinski definition) is 2. The number of aromatic nitrogens is 2. The molecule has 0 bridgehead atoms. The number of amides is 2. The van der Waals surface area contributed by atoms with E-state index in [-0.39, 0.29) is 23.8 Å². The van der Waals surface area contributed by atoms with E-state index in [1.54, 1.807) is 31.2 Å². The summed E-state index contributed by atoms with van der Waals surface area (Å²) in [6.45, 7) is 3.86. The fourth-order valence-corrected chi connectivity index (χ4v) is 2.10. The zero-order chi connectivity index (χ0) is 16.1. The third-order valence-electron chi connectivity index (χ3n) is 3.18. The topological polar surface area (TPSA) is 93.1 Å². The van der Waals surface area contributed by atoms with Gasteiger partial charge < -0.3 is 10.6 Å². The van der Waals surface area contributed by atoms with Gasteiger partial charge in [0.05, 0.1) is 11.7 Å². The zero-order valence-corrected chi connectivity index (χ0v) is 12.5. The third-order valence-corrected chi connectivity index (χ3v) is 3.18. The first kappa shape index (κ1) is 15.7. The van der Waals surface area contributed by atoms with Gasteiger partial charge in [0.2, 0.25) is 17.2 Å². The second kappa shape index (κ2) is 6.84. The van der Waals surface area contributed by atoms with Gasteiger partial charge >= 0.3 is 0 Å². The van der Waals surface area contributed by atoms with Gasteiger partial charge in [0.1, 0.15) is 12.6 Å². The van der Waals surface area contributed by atoms with Crippen LogP contribution in [0.25, 0.3) is 10.9 Å². The van der Waals surface area contributed by atoms with Crippen molar-refractivity contribution in [2.24, 2.45) is 0 Å². The predicted octanol–water partition coefficient (Wildman–Crippen LogP) is 0.0373. The number of rotatable bonds is 5. The Morgan fingerprint density at radius 3 is 2.77 bits per heavy atom. The van der Waals surface area contributed by atoms with Gasteiger partial charge in [-0.2, -0.15) is 5.10 Å². The largest absolute Gasteiger partial charge is 0.355 e. The summed E-state index contributed by atoms with van der Waals surface area (Å²) >= 11 is 0. The summed E-state index contributed by atoms with van der Waals surface area (Å²) in [7, 11) is 0. The lowest BCUT2D eigenvalue weighted by Crippen LogP contribution is -2.45. The minimum Gasteiger partial charge on any atom is -0.355 e. The third kappa shape index (κ3) is 3.49. The van der Waals surface area contributed by atoms with Crippen LogP contribution in [0, 0.1) is 0 Å². The smallest absolute Gasteiger partial charge is 0.242 e. The van der Waals surface area contributed by atoms with Gasteiger partial charge in [-0.25, -0.2) is 0 Å². The first-order chi connectivity index (χ1) is 10.5. The van der Waals surface area contributed by atoms with Crippen molar-refractivity contribution in [3.05, 3.63) is 40.7 Å². The number of nitrogens with zero attached hydrogens (tertiary/aromatic N) is 2. The van der Waals surface area contributed by atoms with E-state index in [1.165, 1.54) is 10.9 Å². The molecule has 1 heterocycles. The molecule has 2 amide bonds. The highest BCUT2D eigenvalue weighted by molar-refractivity contribution is 5.87. The van der Waals surface area contributed by atoms with E-state index in [0.717, 1.165) is 0 Å². The first-order valence-corrected chi connectivity index (χ1v) is 7.05. The van der Waals surface area contributed by atoms with Gasteiger partial charge in [-0.3, -0.25) is 19.1 Å². The highest BCUT2D eigenvalue weighted by Gasteiger charge is 2.15. The Balaban J connectivity index is 2.14. The van der Waals surface area contributed by atoms with Crippen LogP contribution >= 0.6 is 0 Å². The monoisotopic (exact) mass is 302 g/mol. The molecule has 2 N–H and O–H groups in total. The molecular weight excluding hydrogens is 284 g/mol. The maximum Gasteiger partial charge on any atom is 0.242 e. The summed E-state index contributed by atoms with van der Waals surface area (Å²) in [6.07, 6.45) is 1.18. The molecule has 116 valence electrons. The van der Waals surface area contributed by atoms with E-state index in [2.05, 4.69) is 15.7 Å². The van der Waals surface area contributed by atoms with Crippen molar-refractivity contribution in [2.75, 3.05) is 6.54 Å². The SMILES string of the molecule is CCNC(=O)[C@H](C)NC(=O)Cn1ncc(=O)c2ccccc21. The van der Waals surface area contributed by atoms with E-state index < -0.39 is 6.04 Å². The molecule has 0 aliphatic heterocycles. The number of para-hydroxylation sites is 1. The van der Waals surface area contributed by atoms with Crippen LogP contribution < -0.4 is 16.1 Å². The first-order valence-electron chi connectivity index (χ1n) is 7.05. The maximum absolute atomic E-state index is 12.0. The van der Waals surface area contributed by atoms with E-state index in [0.29, 0.717) is 17.4 Å². The molecule has 0 spiro atoms. The summed E-state index contributed by atoms with van der Waals surface area (Å²) < 4.78 is 1.44. The van der Waals surface area contributed by atoms with Crippen molar-refractivity contribution >= 4 is 22.7 Å². The Labute approximate surface area is 127 Å². The van der Waals surface area contributed by atoms with Crippen molar-refractivity contribution in [1.82, 2.24) is 20.4 Å². The molecule has 7 heteroatoms. The van der Waals surface area contributed by atoms with E-state index in [9.17, 15) is 14.4 Å². The van der Waals surface area contributed by atoms with Gasteiger partial charge in [-0.1, -0.05) is 12.1 Å². The fraction of sp³-hybridized carbons (Fsp3) is 0.333. The van der Waals surface area contributed by atoms with Crippen LogP contribution in [0.15, 0.2) is 35.3 Å². The molecule has 0 aliphatic carbocycles. The molecule has 2 rings (SSSR count). The number of hydrogen-bond acceptors (Lipinski definition) is 4. The Hall–Kier alpha value is -2.70. The molecule has 0 fully saturated rings. The Morgan fingerprint density at radius 2 is 2.05 bits per heavy atom. The minimum atomic E-state index is -0.627. The predicted molar refractivity (Wildman–Crippen MR) is 82.3 cm³/mol. The van der Waals surface area contributed by atoms with Crippen molar-refractivity contribution in [1.29, 1.82) is 0 Å². The molecule has 0 saturated heterocycles. The summed E-state index contributed by atoms with van der Waals surface area (Å²) in [5, 5.41) is 9.72. The fourth-order valence-electron chi connectivity index (χ4n) is 2.10. The number of likely N-dealkylation sites (N-methyl/N-ethyl adjacent to an activating group) is 1. The van der Waals surface area contributed by atoms with E-state index >= 15 is 0 Å². The molecule has 7 nitrogen and oxygen atoms in total. The molecule has 1 aromatic carbocycles. The minimum absolute atomic E-state index is 0.0649. The van der Waals surface area contributed by atoms with Gasteiger partial charge in [-0.05, 0) is 26.0 Å². The average Bonchev–Trinajstić information content (AvgIpc) is 2.50. The van der Waals surface area contributed by atoms with Crippen LogP contribution in [0.1, 0.15) is 13.8 Å². The van der Waals surface area contributed by atoms with Crippen LogP contribution in [0.5, 0.6) is 0 Å². The highest BCUT2D eigenvalue weighted by atomic mass is 16.2. The Bertz CT molecular complexity index is 754. The normalized spacial score (nSPS) is 11.9. The van der Waals surface area contributed by atoms with E-state index in [4.69, 9.17) is 0 Å². The van der Waals surface area contributed by atoms with Gasteiger partial charge in [0.25, 0.3) is 0 Å². The lowest BCUT2D eigenvalue weighted by Gasteiger charge is -2.14. The Kier molecular flexibility index (Phi) is 4.88. The summed E-state index contributed by atoms with van der Waals surface area (Å²) in [5.74, 6) is -0.589. The van der Waals surface area contributed by atoms with Crippen molar-refractivity contribution in [3.63, 3.8) is 0 Å². The quantitative estimate of drug-likeness (QED) is 0.815. The lowest BCUT2D eigenvalue weighted by atomic mass is 10.2. The second-order valence-corrected chi connectivity index (χ2v) is 4.87. The summed E-state index contributed by atoms with van der Waals surface area (Å²) in [5.41, 5.74) is 0.388. The second-order valence-electron chi connectivity index (χ2n) is 4.87. The standard InChI is InChI=1S/C15H18N4O3/c1-3-16-15(22)10(2)18-14(21)9-19-12-7-5-4-6-11(12)13(20)8-17-19/h4-8,10H,3,9H2,1-2H3,(H,16,22)(H,18,21)/t10-/m0/s1. The number of fused-ring (bicyclic) bond motifs is 1. The lowest BCUT2D eigenvalue weighted by molar-refractivity contribution is -0.128. The highest BCUT2D eigenvalue weighted by Crippen LogP contribution is 2.07. The zero-order valence-electron chi connectivity index (χ0n) is 12.5. The maximum atomic E-state index is 12.0. The summed E-state index contributed by atoms with van der Waals surface area (Å²) in [6, 6.07) is 6.31. The van der Waals surface area contributed by atoms with Gasteiger partial charge in [-0.15, -0.1) is 0 Å². The average molecular weight is 302 g/mol. The molecule has 0 saturated carbocycles. The van der Waals surface area contributed by atoms with Crippen molar-refractivity contribution in [2.45, 2.75) is 26.4 Å². The molecule has 2 aromatic rings. The molecule has 0 unspecified atom stereocenters. The van der Waals surface area contributed by atoms with Crippen LogP contribution in [0.2, 0.25) is 0 Å². The van der Waals surface area contributed by atoms with Crippen LogP contribution in [-0.4, -0.2) is 34.2 Å². The number of nitrogens with one attached hydrogen (secondary N) is 2. The van der Waals surface area contributed by atoms with Gasteiger partial charge in [0, 0.05) is 11.9 Å². The number of carbonyl (C=O) groups is 2. The molecule has 0 aliphatic rings. The van der Waals surface area contributed by atoms with Crippen LogP contribution in [-0.2, 0) is 16.1 Å². The summed E-state index contributed by atoms with van der Waals surface area (Å²) in [4.78, 5) is 35.4. The van der Waals surface area contributed by atoms with Crippen molar-refractivity contribution < 1.29 is 9.59 Å². The van der Waals surface area contributed by atoms with E-state index in [1.807, 2.05) is 6.92 Å². The van der Waals surface area contributed by atoms with Crippen molar-refractivity contribution in [3.8, 4) is 0 Å². The van der Waals surface area contributed by atoms with Crippen LogP contribution in [0.3, 0.4) is 0 Å². The molecular formula is C15H18N4O3. The van der Waals surface area contributed by atoms with Gasteiger partial charge in [0.15, 0.2) is 0 Å². The molecule has 1 aromatic heterocycles. The van der Waals surface area contributed by atoms with Crippen LogP contribution in [0.4, 0.5) is 0 Å². The molecule has 0 radical (unpaired) electrons.